The van der Waals surface area contributed by atoms with Gasteiger partial charge in [-0.25, -0.2) is 9.50 Å². The largest absolute Gasteiger partial charge is 0.333 e. The Balaban J connectivity index is 1.39. The van der Waals surface area contributed by atoms with Gasteiger partial charge in [-0.2, -0.15) is 4.98 Å². The number of carbonyl (C=O) groups excluding carboxylic acids is 2. The van der Waals surface area contributed by atoms with Gasteiger partial charge in [-0.3, -0.25) is 14.6 Å². The fourth-order valence-electron chi connectivity index (χ4n) is 4.05. The molecule has 3 aromatic heterocycles. The van der Waals surface area contributed by atoms with Crippen molar-refractivity contribution in [1.29, 1.82) is 0 Å². The quantitative estimate of drug-likeness (QED) is 0.669. The average molecular weight is 377 g/mol. The standard InChI is InChI=1S/C19H19N7O2/c27-17-13-5-6-15(25(17)11-14-4-1-2-7-20-14)12-24(10-13)18(28)16-22-19-21-8-3-9-26(19)23-16/h1-4,7-9,13,15H,5-6,10-12H2/t13-,15+/m0/s1. The van der Waals surface area contributed by atoms with E-state index < -0.39 is 0 Å². The molecule has 0 N–H and O–H groups in total. The minimum Gasteiger partial charge on any atom is -0.333 e. The summed E-state index contributed by atoms with van der Waals surface area (Å²) in [6.07, 6.45) is 6.73. The molecule has 0 radical (unpaired) electrons. The van der Waals surface area contributed by atoms with Crippen LogP contribution in [-0.2, 0) is 11.3 Å². The van der Waals surface area contributed by atoms with Crippen LogP contribution in [0.15, 0.2) is 42.9 Å². The second kappa shape index (κ2) is 6.66. The molecule has 2 bridgehead atoms. The molecular formula is C19H19N7O2. The molecule has 6 rings (SSSR count). The van der Waals surface area contributed by atoms with E-state index in [9.17, 15) is 9.59 Å². The van der Waals surface area contributed by atoms with Gasteiger partial charge in [0.2, 0.25) is 11.7 Å². The van der Waals surface area contributed by atoms with Crippen molar-refractivity contribution in [2.24, 2.45) is 5.92 Å². The lowest BCUT2D eigenvalue weighted by molar-refractivity contribution is -0.140. The summed E-state index contributed by atoms with van der Waals surface area (Å²) in [5.41, 5.74) is 0.856. The maximum Gasteiger partial charge on any atom is 0.293 e. The van der Waals surface area contributed by atoms with Crippen LogP contribution in [0.1, 0.15) is 29.2 Å². The normalized spacial score (nSPS) is 21.9. The van der Waals surface area contributed by atoms with Crippen molar-refractivity contribution in [3.8, 4) is 0 Å². The first-order chi connectivity index (χ1) is 13.7. The topological polar surface area (TPSA) is 96.6 Å². The van der Waals surface area contributed by atoms with E-state index in [4.69, 9.17) is 0 Å². The second-order valence-corrected chi connectivity index (χ2v) is 7.23. The molecule has 28 heavy (non-hydrogen) atoms. The van der Waals surface area contributed by atoms with E-state index in [0.717, 1.165) is 18.5 Å². The van der Waals surface area contributed by atoms with Gasteiger partial charge in [0.15, 0.2) is 0 Å². The Kier molecular flexibility index (Phi) is 4.00. The summed E-state index contributed by atoms with van der Waals surface area (Å²) >= 11 is 0. The molecule has 2 atom stereocenters. The van der Waals surface area contributed by atoms with Crippen molar-refractivity contribution in [2.45, 2.75) is 25.4 Å². The molecule has 9 heteroatoms. The number of amides is 2. The third-order valence-corrected chi connectivity index (χ3v) is 5.45. The van der Waals surface area contributed by atoms with Gasteiger partial charge < -0.3 is 9.80 Å². The number of hydrogen-bond donors (Lipinski definition) is 0. The van der Waals surface area contributed by atoms with Gasteiger partial charge in [0.1, 0.15) is 0 Å². The van der Waals surface area contributed by atoms with Crippen LogP contribution in [0, 0.1) is 5.92 Å². The Hall–Kier alpha value is -3.36. The van der Waals surface area contributed by atoms with E-state index in [1.54, 1.807) is 29.6 Å². The number of fused-ring (bicyclic) bond motifs is 5. The number of carbonyl (C=O) groups is 2. The molecule has 6 heterocycles. The third kappa shape index (κ3) is 2.88. The van der Waals surface area contributed by atoms with Crippen LogP contribution in [0.25, 0.3) is 5.78 Å². The second-order valence-electron chi connectivity index (χ2n) is 7.23. The van der Waals surface area contributed by atoms with Crippen LogP contribution in [0.4, 0.5) is 0 Å². The first-order valence-electron chi connectivity index (χ1n) is 9.36. The first-order valence-corrected chi connectivity index (χ1v) is 9.36. The van der Waals surface area contributed by atoms with E-state index in [1.165, 1.54) is 4.52 Å². The molecule has 0 aliphatic carbocycles. The molecular weight excluding hydrogens is 358 g/mol. The van der Waals surface area contributed by atoms with Gasteiger partial charge in [0, 0.05) is 37.7 Å². The predicted molar refractivity (Wildman–Crippen MR) is 98.0 cm³/mol. The van der Waals surface area contributed by atoms with Crippen LogP contribution in [0.3, 0.4) is 0 Å². The summed E-state index contributed by atoms with van der Waals surface area (Å²) < 4.78 is 1.48. The number of pyridine rings is 1. The molecule has 0 aromatic carbocycles. The van der Waals surface area contributed by atoms with Crippen molar-refractivity contribution >= 4 is 17.6 Å². The fraction of sp³-hybridized carbons (Fsp3) is 0.368. The van der Waals surface area contributed by atoms with E-state index in [2.05, 4.69) is 20.1 Å². The Labute approximate surface area is 161 Å². The monoisotopic (exact) mass is 377 g/mol. The number of nitrogens with zero attached hydrogens (tertiary/aromatic N) is 7. The molecule has 0 saturated carbocycles. The van der Waals surface area contributed by atoms with Crippen molar-refractivity contribution in [3.63, 3.8) is 0 Å². The van der Waals surface area contributed by atoms with Crippen LogP contribution in [0.5, 0.6) is 0 Å². The van der Waals surface area contributed by atoms with Crippen LogP contribution in [0.2, 0.25) is 0 Å². The summed E-state index contributed by atoms with van der Waals surface area (Å²) in [6.45, 7) is 1.35. The molecule has 3 fully saturated rings. The highest BCUT2D eigenvalue weighted by molar-refractivity contribution is 5.92. The van der Waals surface area contributed by atoms with Gasteiger partial charge >= 0.3 is 0 Å². The van der Waals surface area contributed by atoms with Crippen molar-refractivity contribution in [1.82, 2.24) is 34.4 Å². The maximum atomic E-state index is 13.0. The lowest BCUT2D eigenvalue weighted by Crippen LogP contribution is -2.47. The van der Waals surface area contributed by atoms with Crippen LogP contribution < -0.4 is 0 Å². The van der Waals surface area contributed by atoms with Gasteiger partial charge in [0.25, 0.3) is 11.7 Å². The Morgan fingerprint density at radius 2 is 2.00 bits per heavy atom. The summed E-state index contributed by atoms with van der Waals surface area (Å²) in [6, 6.07) is 7.41. The third-order valence-electron chi connectivity index (χ3n) is 5.45. The highest BCUT2D eigenvalue weighted by Gasteiger charge is 2.42. The van der Waals surface area contributed by atoms with E-state index >= 15 is 0 Å². The molecule has 9 nitrogen and oxygen atoms in total. The lowest BCUT2D eigenvalue weighted by atomic mass is 9.94. The smallest absolute Gasteiger partial charge is 0.293 e. The van der Waals surface area contributed by atoms with Crippen LogP contribution >= 0.6 is 0 Å². The van der Waals surface area contributed by atoms with Gasteiger partial charge in [-0.15, -0.1) is 5.10 Å². The number of piperidine rings is 1. The Morgan fingerprint density at radius 1 is 1.11 bits per heavy atom. The summed E-state index contributed by atoms with van der Waals surface area (Å²) in [5, 5.41) is 4.24. The molecule has 142 valence electrons. The van der Waals surface area contributed by atoms with Crippen molar-refractivity contribution in [2.75, 3.05) is 13.1 Å². The fourth-order valence-corrected chi connectivity index (χ4v) is 4.05. The van der Waals surface area contributed by atoms with Crippen molar-refractivity contribution < 1.29 is 9.59 Å². The van der Waals surface area contributed by atoms with E-state index in [0.29, 0.717) is 25.4 Å². The summed E-state index contributed by atoms with van der Waals surface area (Å²) in [5.74, 6) is 0.151. The summed E-state index contributed by atoms with van der Waals surface area (Å²) in [4.78, 5) is 42.3. The zero-order valence-corrected chi connectivity index (χ0v) is 15.2. The zero-order valence-electron chi connectivity index (χ0n) is 15.2. The minimum atomic E-state index is -0.255. The predicted octanol–water partition coefficient (Wildman–Crippen LogP) is 0.782. The maximum absolute atomic E-state index is 13.0. The molecule has 0 unspecified atom stereocenters. The molecule has 2 amide bonds. The number of rotatable bonds is 3. The highest BCUT2D eigenvalue weighted by atomic mass is 16.2. The van der Waals surface area contributed by atoms with E-state index in [1.807, 2.05) is 23.1 Å². The molecule has 0 spiro atoms. The average Bonchev–Trinajstić information content (AvgIpc) is 2.98. The Bertz CT molecular complexity index is 1000. The minimum absolute atomic E-state index is 0.0210. The highest BCUT2D eigenvalue weighted by Crippen LogP contribution is 2.30. The van der Waals surface area contributed by atoms with Gasteiger partial charge in [-0.05, 0) is 31.0 Å². The number of aromatic nitrogens is 5. The van der Waals surface area contributed by atoms with Gasteiger partial charge in [-0.1, -0.05) is 6.07 Å². The zero-order chi connectivity index (χ0) is 19.1. The molecule has 3 saturated heterocycles. The van der Waals surface area contributed by atoms with Crippen LogP contribution in [-0.4, -0.2) is 65.3 Å². The summed E-state index contributed by atoms with van der Waals surface area (Å²) in [7, 11) is 0. The lowest BCUT2D eigenvalue weighted by Gasteiger charge is -2.35. The van der Waals surface area contributed by atoms with E-state index in [-0.39, 0.29) is 29.6 Å². The Morgan fingerprint density at radius 3 is 2.82 bits per heavy atom. The number of hydrogen-bond acceptors (Lipinski definition) is 6. The molecule has 3 aliphatic rings. The first kappa shape index (κ1) is 16.8. The van der Waals surface area contributed by atoms with Gasteiger partial charge in [0.05, 0.1) is 18.2 Å². The molecule has 3 aromatic rings. The van der Waals surface area contributed by atoms with Crippen molar-refractivity contribution in [3.05, 3.63) is 54.4 Å². The SMILES string of the molecule is O=C(c1nc2ncccn2n1)N1C[C@@H]2CC[C@H](C1)N(Cc1ccccn1)C2=O. The molecule has 3 aliphatic heterocycles.